The molecule has 0 spiro atoms. The first kappa shape index (κ1) is 15.4. The summed E-state index contributed by atoms with van der Waals surface area (Å²) >= 11 is 3.69. The minimum Gasteiger partial charge on any atom is -0.495 e. The number of fused-ring (bicyclic) bond motifs is 1. The number of benzene rings is 1. The molecule has 0 heterocycles. The van der Waals surface area contributed by atoms with Crippen LogP contribution in [0.3, 0.4) is 0 Å². The summed E-state index contributed by atoms with van der Waals surface area (Å²) in [6.07, 6.45) is 7.56. The van der Waals surface area contributed by atoms with Gasteiger partial charge < -0.3 is 9.84 Å². The summed E-state index contributed by atoms with van der Waals surface area (Å²) in [5, 5.41) is 8.76. The number of hydrogen-bond acceptors (Lipinski definition) is 2. The molecule has 1 aromatic carbocycles. The second kappa shape index (κ2) is 7.11. The first-order valence-electron chi connectivity index (χ1n) is 7.22. The van der Waals surface area contributed by atoms with E-state index in [-0.39, 0.29) is 6.42 Å². The molecule has 0 bridgehead atoms. The van der Waals surface area contributed by atoms with E-state index >= 15 is 0 Å². The number of halogens is 1. The largest absolute Gasteiger partial charge is 0.495 e. The zero-order valence-electron chi connectivity index (χ0n) is 11.9. The van der Waals surface area contributed by atoms with Gasteiger partial charge in [0.15, 0.2) is 0 Å². The maximum Gasteiger partial charge on any atom is 0.303 e. The van der Waals surface area contributed by atoms with Crippen molar-refractivity contribution in [3.8, 4) is 5.75 Å². The maximum absolute atomic E-state index is 10.6. The molecule has 1 aliphatic rings. The third-order valence-electron chi connectivity index (χ3n) is 3.91. The topological polar surface area (TPSA) is 46.5 Å². The van der Waals surface area contributed by atoms with Crippen LogP contribution in [-0.4, -0.2) is 18.2 Å². The van der Waals surface area contributed by atoms with Crippen molar-refractivity contribution < 1.29 is 14.6 Å². The standard InChI is InChI=1S/C16H21BrO3/c1-20-16-12(7-5-9-14(18)19)10-11-6-3-2-4-8-13(11)15(16)17/h10H,2-9H2,1H3,(H,18,19). The Kier molecular flexibility index (Phi) is 5.46. The van der Waals surface area contributed by atoms with Crippen molar-refractivity contribution >= 4 is 21.9 Å². The smallest absolute Gasteiger partial charge is 0.303 e. The van der Waals surface area contributed by atoms with Gasteiger partial charge in [-0.25, -0.2) is 0 Å². The molecule has 1 N–H and O–H groups in total. The lowest BCUT2D eigenvalue weighted by Crippen LogP contribution is -2.02. The number of ether oxygens (including phenoxy) is 1. The molecule has 1 aromatic rings. The van der Waals surface area contributed by atoms with Crippen LogP contribution in [0.5, 0.6) is 5.75 Å². The highest BCUT2D eigenvalue weighted by atomic mass is 79.9. The number of hydrogen-bond donors (Lipinski definition) is 1. The van der Waals surface area contributed by atoms with Gasteiger partial charge in [0, 0.05) is 6.42 Å². The van der Waals surface area contributed by atoms with Crippen molar-refractivity contribution in [2.75, 3.05) is 7.11 Å². The van der Waals surface area contributed by atoms with Gasteiger partial charge in [-0.3, -0.25) is 4.79 Å². The van der Waals surface area contributed by atoms with Crippen LogP contribution in [0, 0.1) is 0 Å². The Hall–Kier alpha value is -1.03. The first-order chi connectivity index (χ1) is 9.63. The lowest BCUT2D eigenvalue weighted by Gasteiger charge is -2.17. The SMILES string of the molecule is COc1c(CCCC(=O)O)cc2c(c1Br)CCCCC2. The van der Waals surface area contributed by atoms with E-state index in [9.17, 15) is 4.79 Å². The monoisotopic (exact) mass is 340 g/mol. The Morgan fingerprint density at radius 2 is 2.10 bits per heavy atom. The van der Waals surface area contributed by atoms with Crippen LogP contribution < -0.4 is 4.74 Å². The van der Waals surface area contributed by atoms with Crippen LogP contribution in [0.1, 0.15) is 48.8 Å². The Bertz CT molecular complexity index is 497. The summed E-state index contributed by atoms with van der Waals surface area (Å²) in [6.45, 7) is 0. The summed E-state index contributed by atoms with van der Waals surface area (Å²) in [5.41, 5.74) is 3.91. The molecule has 4 heteroatoms. The van der Waals surface area contributed by atoms with Crippen LogP contribution in [-0.2, 0) is 24.1 Å². The highest BCUT2D eigenvalue weighted by Gasteiger charge is 2.18. The van der Waals surface area contributed by atoms with E-state index in [0.717, 1.165) is 35.0 Å². The summed E-state index contributed by atoms with van der Waals surface area (Å²) in [7, 11) is 1.68. The highest BCUT2D eigenvalue weighted by Crippen LogP contribution is 2.38. The number of aliphatic carboxylic acids is 1. The third-order valence-corrected chi connectivity index (χ3v) is 4.74. The quantitative estimate of drug-likeness (QED) is 0.819. The Morgan fingerprint density at radius 1 is 1.35 bits per heavy atom. The van der Waals surface area contributed by atoms with Gasteiger partial charge in [-0.15, -0.1) is 0 Å². The fourth-order valence-electron chi connectivity index (χ4n) is 2.91. The molecule has 3 nitrogen and oxygen atoms in total. The molecule has 0 radical (unpaired) electrons. The number of carboxylic acid groups (broad SMARTS) is 1. The molecule has 1 aliphatic carbocycles. The molecule has 20 heavy (non-hydrogen) atoms. The van der Waals surface area contributed by atoms with Gasteiger partial charge in [0.2, 0.25) is 0 Å². The molecule has 2 rings (SSSR count). The molecule has 0 saturated heterocycles. The molecule has 0 unspecified atom stereocenters. The Labute approximate surface area is 128 Å². The minimum absolute atomic E-state index is 0.206. The lowest BCUT2D eigenvalue weighted by atomic mass is 9.96. The predicted octanol–water partition coefficient (Wildman–Crippen LogP) is 4.13. The second-order valence-corrected chi connectivity index (χ2v) is 6.12. The number of carbonyl (C=O) groups is 1. The van der Waals surface area contributed by atoms with Crippen LogP contribution in [0.2, 0.25) is 0 Å². The van der Waals surface area contributed by atoms with E-state index in [1.807, 2.05) is 0 Å². The Balaban J connectivity index is 2.28. The highest BCUT2D eigenvalue weighted by molar-refractivity contribution is 9.10. The number of carboxylic acids is 1. The van der Waals surface area contributed by atoms with E-state index in [1.165, 1.54) is 30.4 Å². The average Bonchev–Trinajstić information content (AvgIpc) is 2.64. The van der Waals surface area contributed by atoms with Crippen LogP contribution in [0.25, 0.3) is 0 Å². The summed E-state index contributed by atoms with van der Waals surface area (Å²) in [4.78, 5) is 10.6. The summed E-state index contributed by atoms with van der Waals surface area (Å²) in [6, 6.07) is 2.23. The second-order valence-electron chi connectivity index (χ2n) is 5.33. The van der Waals surface area contributed by atoms with Crippen LogP contribution >= 0.6 is 15.9 Å². The molecular weight excluding hydrogens is 320 g/mol. The first-order valence-corrected chi connectivity index (χ1v) is 8.01. The van der Waals surface area contributed by atoms with Gasteiger partial charge in [-0.1, -0.05) is 12.5 Å². The van der Waals surface area contributed by atoms with E-state index in [0.29, 0.717) is 6.42 Å². The van der Waals surface area contributed by atoms with Crippen molar-refractivity contribution in [1.29, 1.82) is 0 Å². The zero-order valence-corrected chi connectivity index (χ0v) is 13.5. The average molecular weight is 341 g/mol. The lowest BCUT2D eigenvalue weighted by molar-refractivity contribution is -0.137. The van der Waals surface area contributed by atoms with Crippen molar-refractivity contribution in [2.45, 2.75) is 51.4 Å². The fourth-order valence-corrected chi connectivity index (χ4v) is 3.78. The molecule has 110 valence electrons. The van der Waals surface area contributed by atoms with Gasteiger partial charge >= 0.3 is 5.97 Å². The van der Waals surface area contributed by atoms with Gasteiger partial charge in [0.05, 0.1) is 11.6 Å². The van der Waals surface area contributed by atoms with E-state index in [2.05, 4.69) is 22.0 Å². The molecular formula is C16H21BrO3. The van der Waals surface area contributed by atoms with E-state index in [4.69, 9.17) is 9.84 Å². The fraction of sp³-hybridized carbons (Fsp3) is 0.562. The van der Waals surface area contributed by atoms with Gasteiger partial charge in [0.1, 0.15) is 5.75 Å². The summed E-state index contributed by atoms with van der Waals surface area (Å²) in [5.74, 6) is 0.147. The predicted molar refractivity (Wildman–Crippen MR) is 82.5 cm³/mol. The number of rotatable bonds is 5. The van der Waals surface area contributed by atoms with Crippen molar-refractivity contribution in [2.24, 2.45) is 0 Å². The van der Waals surface area contributed by atoms with Crippen LogP contribution in [0.15, 0.2) is 10.5 Å². The molecule has 0 saturated carbocycles. The van der Waals surface area contributed by atoms with E-state index in [1.54, 1.807) is 7.11 Å². The van der Waals surface area contributed by atoms with E-state index < -0.39 is 5.97 Å². The third kappa shape index (κ3) is 3.54. The maximum atomic E-state index is 10.6. The van der Waals surface area contributed by atoms with Crippen molar-refractivity contribution in [3.05, 3.63) is 27.2 Å². The zero-order chi connectivity index (χ0) is 14.5. The molecule has 0 aromatic heterocycles. The number of methoxy groups -OCH3 is 1. The van der Waals surface area contributed by atoms with Gasteiger partial charge in [-0.05, 0) is 71.1 Å². The van der Waals surface area contributed by atoms with Gasteiger partial charge in [-0.2, -0.15) is 0 Å². The number of aryl methyl sites for hydroxylation is 2. The summed E-state index contributed by atoms with van der Waals surface area (Å²) < 4.78 is 6.62. The molecule has 0 fully saturated rings. The van der Waals surface area contributed by atoms with Crippen molar-refractivity contribution in [1.82, 2.24) is 0 Å². The van der Waals surface area contributed by atoms with Crippen molar-refractivity contribution in [3.63, 3.8) is 0 Å². The van der Waals surface area contributed by atoms with Gasteiger partial charge in [0.25, 0.3) is 0 Å². The minimum atomic E-state index is -0.738. The normalized spacial score (nSPS) is 14.5. The Morgan fingerprint density at radius 3 is 2.80 bits per heavy atom. The molecule has 0 aliphatic heterocycles. The molecule has 0 atom stereocenters. The molecule has 0 amide bonds. The van der Waals surface area contributed by atoms with Crippen LogP contribution in [0.4, 0.5) is 0 Å².